The van der Waals surface area contributed by atoms with E-state index in [9.17, 15) is 14.4 Å². The number of amides is 4. The highest BCUT2D eigenvalue weighted by atomic mass is 16.2. The quantitative estimate of drug-likeness (QED) is 0.494. The van der Waals surface area contributed by atoms with Gasteiger partial charge in [-0.05, 0) is 54.7 Å². The molecule has 2 aliphatic rings. The first-order chi connectivity index (χ1) is 17.5. The Bertz CT molecular complexity index is 1260. The summed E-state index contributed by atoms with van der Waals surface area (Å²) in [4.78, 5) is 44.7. The lowest BCUT2D eigenvalue weighted by molar-refractivity contribution is -0.131. The molecule has 1 atom stereocenters. The van der Waals surface area contributed by atoms with Crippen LogP contribution >= 0.6 is 0 Å². The SMILES string of the molecule is Cc1cc(N2CCCC2)ccc1NC(=O)CN1C(=O)C(c2ccccc2)N(Cc2ccccc2)C1=O. The largest absolute Gasteiger partial charge is 0.372 e. The standard InChI is InChI=1S/C29H30N4O3/c1-21-18-24(31-16-8-9-17-31)14-15-25(21)30-26(34)20-33-28(35)27(23-12-6-3-7-13-23)32(29(33)36)19-22-10-4-2-5-11-22/h2-7,10-15,18,27H,8-9,16-17,19-20H2,1H3,(H,30,34). The van der Waals surface area contributed by atoms with Gasteiger partial charge in [-0.3, -0.25) is 14.5 Å². The molecule has 2 saturated heterocycles. The molecule has 2 aliphatic heterocycles. The summed E-state index contributed by atoms with van der Waals surface area (Å²) >= 11 is 0. The smallest absolute Gasteiger partial charge is 0.328 e. The van der Waals surface area contributed by atoms with Crippen molar-refractivity contribution in [3.8, 4) is 0 Å². The van der Waals surface area contributed by atoms with Crippen LogP contribution in [0.2, 0.25) is 0 Å². The Morgan fingerprint density at radius 2 is 1.58 bits per heavy atom. The zero-order valence-electron chi connectivity index (χ0n) is 20.4. The molecule has 5 rings (SSSR count). The number of nitrogens with one attached hydrogen (secondary N) is 1. The van der Waals surface area contributed by atoms with Crippen molar-refractivity contribution in [2.45, 2.75) is 32.4 Å². The predicted octanol–water partition coefficient (Wildman–Crippen LogP) is 4.74. The first kappa shape index (κ1) is 23.6. The van der Waals surface area contributed by atoms with E-state index in [1.54, 1.807) is 0 Å². The van der Waals surface area contributed by atoms with Gasteiger partial charge in [0, 0.05) is 31.0 Å². The van der Waals surface area contributed by atoms with Gasteiger partial charge in [-0.1, -0.05) is 60.7 Å². The highest BCUT2D eigenvalue weighted by Gasteiger charge is 2.46. The number of benzene rings is 3. The Hall–Kier alpha value is -4.13. The predicted molar refractivity (Wildman–Crippen MR) is 140 cm³/mol. The number of urea groups is 1. The maximum atomic E-state index is 13.4. The molecule has 36 heavy (non-hydrogen) atoms. The maximum Gasteiger partial charge on any atom is 0.328 e. The number of anilines is 2. The van der Waals surface area contributed by atoms with Crippen LogP contribution in [0, 0.1) is 6.92 Å². The molecule has 0 saturated carbocycles. The molecule has 3 aromatic rings. The zero-order valence-corrected chi connectivity index (χ0v) is 20.4. The molecule has 184 valence electrons. The lowest BCUT2D eigenvalue weighted by Gasteiger charge is -2.22. The van der Waals surface area contributed by atoms with Gasteiger partial charge in [-0.2, -0.15) is 0 Å². The molecule has 0 aliphatic carbocycles. The monoisotopic (exact) mass is 482 g/mol. The van der Waals surface area contributed by atoms with Crippen LogP contribution in [0.5, 0.6) is 0 Å². The summed E-state index contributed by atoms with van der Waals surface area (Å²) in [5, 5.41) is 2.89. The highest BCUT2D eigenvalue weighted by Crippen LogP contribution is 2.32. The summed E-state index contributed by atoms with van der Waals surface area (Å²) in [6.45, 7) is 3.99. The average Bonchev–Trinajstić information content (AvgIpc) is 3.50. The van der Waals surface area contributed by atoms with Crippen LogP contribution in [-0.2, 0) is 16.1 Å². The molecule has 0 radical (unpaired) electrons. The van der Waals surface area contributed by atoms with E-state index >= 15 is 0 Å². The molecular weight excluding hydrogens is 452 g/mol. The molecule has 0 spiro atoms. The lowest BCUT2D eigenvalue weighted by Crippen LogP contribution is -2.39. The molecule has 4 amide bonds. The van der Waals surface area contributed by atoms with Crippen molar-refractivity contribution < 1.29 is 14.4 Å². The van der Waals surface area contributed by atoms with Crippen LogP contribution in [0.3, 0.4) is 0 Å². The van der Waals surface area contributed by atoms with E-state index in [-0.39, 0.29) is 13.1 Å². The fourth-order valence-electron chi connectivity index (χ4n) is 4.98. The minimum absolute atomic E-state index is 0.278. The Kier molecular flexibility index (Phi) is 6.71. The van der Waals surface area contributed by atoms with Crippen molar-refractivity contribution >= 4 is 29.2 Å². The van der Waals surface area contributed by atoms with Crippen LogP contribution in [0.1, 0.15) is 35.6 Å². The maximum absolute atomic E-state index is 13.4. The van der Waals surface area contributed by atoms with Crippen molar-refractivity contribution in [1.82, 2.24) is 9.80 Å². The minimum Gasteiger partial charge on any atom is -0.372 e. The van der Waals surface area contributed by atoms with Crippen molar-refractivity contribution in [2.24, 2.45) is 0 Å². The summed E-state index contributed by atoms with van der Waals surface area (Å²) < 4.78 is 0. The molecule has 7 heteroatoms. The highest BCUT2D eigenvalue weighted by molar-refractivity contribution is 6.08. The molecule has 2 fully saturated rings. The molecule has 0 aromatic heterocycles. The van der Waals surface area contributed by atoms with Crippen LogP contribution in [0.15, 0.2) is 78.9 Å². The topological polar surface area (TPSA) is 73.0 Å². The van der Waals surface area contributed by atoms with Gasteiger partial charge in [-0.15, -0.1) is 0 Å². The number of hydrogen-bond donors (Lipinski definition) is 1. The van der Waals surface area contributed by atoms with E-state index in [2.05, 4.69) is 16.3 Å². The molecule has 7 nitrogen and oxygen atoms in total. The second kappa shape index (κ2) is 10.2. The first-order valence-electron chi connectivity index (χ1n) is 12.4. The van der Waals surface area contributed by atoms with Crippen LogP contribution in [0.4, 0.5) is 16.2 Å². The van der Waals surface area contributed by atoms with E-state index in [1.807, 2.05) is 79.7 Å². The Morgan fingerprint density at radius 1 is 0.917 bits per heavy atom. The zero-order chi connectivity index (χ0) is 25.1. The number of hydrogen-bond acceptors (Lipinski definition) is 4. The van der Waals surface area contributed by atoms with Gasteiger partial charge in [0.05, 0.1) is 0 Å². The number of aryl methyl sites for hydroxylation is 1. The van der Waals surface area contributed by atoms with Crippen molar-refractivity contribution in [2.75, 3.05) is 29.9 Å². The Balaban J connectivity index is 1.33. The number of imide groups is 1. The Morgan fingerprint density at radius 3 is 2.25 bits per heavy atom. The fourth-order valence-corrected chi connectivity index (χ4v) is 4.98. The summed E-state index contributed by atoms with van der Waals surface area (Å²) in [7, 11) is 0. The van der Waals surface area contributed by atoms with Gasteiger partial charge >= 0.3 is 6.03 Å². The number of carbonyl (C=O) groups is 3. The molecule has 2 heterocycles. The van der Waals surface area contributed by atoms with Crippen molar-refractivity contribution in [1.29, 1.82) is 0 Å². The van der Waals surface area contributed by atoms with E-state index in [1.165, 1.54) is 17.7 Å². The third-order valence-corrected chi connectivity index (χ3v) is 6.86. The van der Waals surface area contributed by atoms with E-state index in [0.29, 0.717) is 5.69 Å². The normalized spacial score (nSPS) is 17.7. The van der Waals surface area contributed by atoms with Crippen LogP contribution < -0.4 is 10.2 Å². The summed E-state index contributed by atoms with van der Waals surface area (Å²) in [6, 6.07) is 23.5. The van der Waals surface area contributed by atoms with Gasteiger partial charge in [-0.25, -0.2) is 4.79 Å². The van der Waals surface area contributed by atoms with Gasteiger partial charge in [0.2, 0.25) is 5.91 Å². The third-order valence-electron chi connectivity index (χ3n) is 6.86. The first-order valence-corrected chi connectivity index (χ1v) is 12.4. The van der Waals surface area contributed by atoms with Gasteiger partial charge in [0.1, 0.15) is 12.6 Å². The van der Waals surface area contributed by atoms with E-state index < -0.39 is 23.9 Å². The van der Waals surface area contributed by atoms with Crippen LogP contribution in [0.25, 0.3) is 0 Å². The van der Waals surface area contributed by atoms with Gasteiger partial charge < -0.3 is 15.1 Å². The summed E-state index contributed by atoms with van der Waals surface area (Å²) in [6.07, 6.45) is 2.39. The fraction of sp³-hybridized carbons (Fsp3) is 0.276. The number of carbonyl (C=O) groups excluding carboxylic acids is 3. The van der Waals surface area contributed by atoms with E-state index in [0.717, 1.165) is 40.4 Å². The minimum atomic E-state index is -0.770. The molecule has 1 unspecified atom stereocenters. The van der Waals surface area contributed by atoms with E-state index in [4.69, 9.17) is 0 Å². The van der Waals surface area contributed by atoms with Crippen LogP contribution in [-0.4, -0.2) is 47.3 Å². The average molecular weight is 483 g/mol. The van der Waals surface area contributed by atoms with Crippen molar-refractivity contribution in [3.05, 3.63) is 95.6 Å². The lowest BCUT2D eigenvalue weighted by atomic mass is 10.1. The second-order valence-electron chi connectivity index (χ2n) is 9.38. The Labute approximate surface area is 211 Å². The summed E-state index contributed by atoms with van der Waals surface area (Å²) in [5.41, 5.74) is 4.42. The van der Waals surface area contributed by atoms with Crippen molar-refractivity contribution in [3.63, 3.8) is 0 Å². The number of nitrogens with zero attached hydrogens (tertiary/aromatic N) is 3. The molecule has 3 aromatic carbocycles. The van der Waals surface area contributed by atoms with Gasteiger partial charge in [0.15, 0.2) is 0 Å². The molecule has 0 bridgehead atoms. The summed E-state index contributed by atoms with van der Waals surface area (Å²) in [5.74, 6) is -0.791. The second-order valence-corrected chi connectivity index (χ2v) is 9.38. The molecular formula is C29H30N4O3. The molecule has 1 N–H and O–H groups in total. The third kappa shape index (κ3) is 4.82. The number of rotatable bonds is 7. The van der Waals surface area contributed by atoms with Gasteiger partial charge in [0.25, 0.3) is 5.91 Å².